The van der Waals surface area contributed by atoms with Crippen LogP contribution in [0.4, 0.5) is 0 Å². The minimum atomic E-state index is -0.841. The van der Waals surface area contributed by atoms with Gasteiger partial charge in [0.2, 0.25) is 0 Å². The number of benzene rings is 1. The fourth-order valence-corrected chi connectivity index (χ4v) is 1.89. The van der Waals surface area contributed by atoms with Gasteiger partial charge in [0.05, 0.1) is 12.3 Å². The SMILES string of the molecule is Cc1ccc2c(C(N)CCC(=O)O)occ2c1. The lowest BCUT2D eigenvalue weighted by atomic mass is 10.0. The second-order valence-corrected chi connectivity index (χ2v) is 4.23. The number of hydrogen-bond donors (Lipinski definition) is 2. The standard InChI is InChI=1S/C13H15NO3/c1-8-2-3-10-9(6-8)7-17-13(10)11(14)4-5-12(15)16/h2-3,6-7,11H,4-5,14H2,1H3,(H,15,16). The molecule has 0 aliphatic heterocycles. The third kappa shape index (κ3) is 2.47. The van der Waals surface area contributed by atoms with Crippen LogP contribution in [0.15, 0.2) is 28.9 Å². The molecule has 1 unspecified atom stereocenters. The lowest BCUT2D eigenvalue weighted by Gasteiger charge is -2.07. The number of carboxylic acids is 1. The minimum Gasteiger partial charge on any atom is -0.481 e. The Morgan fingerprint density at radius 1 is 1.53 bits per heavy atom. The van der Waals surface area contributed by atoms with Crippen LogP contribution in [-0.2, 0) is 4.79 Å². The largest absolute Gasteiger partial charge is 0.481 e. The maximum absolute atomic E-state index is 10.5. The van der Waals surface area contributed by atoms with Crippen LogP contribution in [0, 0.1) is 6.92 Å². The maximum atomic E-state index is 10.5. The van der Waals surface area contributed by atoms with E-state index >= 15 is 0 Å². The molecule has 1 atom stereocenters. The van der Waals surface area contributed by atoms with Gasteiger partial charge in [-0.05, 0) is 19.4 Å². The van der Waals surface area contributed by atoms with Crippen molar-refractivity contribution in [3.05, 3.63) is 35.8 Å². The molecule has 1 aromatic heterocycles. The Bertz CT molecular complexity index is 545. The van der Waals surface area contributed by atoms with Gasteiger partial charge >= 0.3 is 5.97 Å². The van der Waals surface area contributed by atoms with Crippen LogP contribution < -0.4 is 5.73 Å². The summed E-state index contributed by atoms with van der Waals surface area (Å²) in [6, 6.07) is 5.60. The van der Waals surface area contributed by atoms with Gasteiger partial charge in [-0.3, -0.25) is 4.79 Å². The molecule has 0 spiro atoms. The number of aliphatic carboxylic acids is 1. The van der Waals surface area contributed by atoms with Crippen molar-refractivity contribution in [2.45, 2.75) is 25.8 Å². The fraction of sp³-hybridized carbons (Fsp3) is 0.308. The van der Waals surface area contributed by atoms with Gasteiger partial charge in [-0.15, -0.1) is 0 Å². The molecule has 0 saturated carbocycles. The van der Waals surface area contributed by atoms with Crippen molar-refractivity contribution in [3.63, 3.8) is 0 Å². The molecule has 0 radical (unpaired) electrons. The molecule has 17 heavy (non-hydrogen) atoms. The van der Waals surface area contributed by atoms with E-state index in [1.807, 2.05) is 25.1 Å². The molecule has 1 aromatic carbocycles. The molecule has 0 saturated heterocycles. The van der Waals surface area contributed by atoms with Crippen LogP contribution >= 0.6 is 0 Å². The first-order valence-corrected chi connectivity index (χ1v) is 5.53. The van der Waals surface area contributed by atoms with Gasteiger partial charge in [0.1, 0.15) is 5.76 Å². The van der Waals surface area contributed by atoms with Crippen LogP contribution in [0.25, 0.3) is 10.8 Å². The third-order valence-electron chi connectivity index (χ3n) is 2.79. The summed E-state index contributed by atoms with van der Waals surface area (Å²) in [6.07, 6.45) is 2.10. The quantitative estimate of drug-likeness (QED) is 0.851. The second-order valence-electron chi connectivity index (χ2n) is 4.23. The van der Waals surface area contributed by atoms with Gasteiger partial charge in [-0.2, -0.15) is 0 Å². The topological polar surface area (TPSA) is 76.5 Å². The number of furan rings is 1. The van der Waals surface area contributed by atoms with E-state index in [0.717, 1.165) is 16.3 Å². The summed E-state index contributed by atoms with van der Waals surface area (Å²) in [5, 5.41) is 10.6. The van der Waals surface area contributed by atoms with Crippen LogP contribution in [0.5, 0.6) is 0 Å². The maximum Gasteiger partial charge on any atom is 0.303 e. The predicted molar refractivity (Wildman–Crippen MR) is 64.7 cm³/mol. The molecule has 0 amide bonds. The number of carboxylic acid groups (broad SMARTS) is 1. The average Bonchev–Trinajstić information content (AvgIpc) is 2.68. The number of aryl methyl sites for hydroxylation is 1. The van der Waals surface area contributed by atoms with E-state index in [1.165, 1.54) is 0 Å². The van der Waals surface area contributed by atoms with Crippen molar-refractivity contribution in [1.29, 1.82) is 0 Å². The van der Waals surface area contributed by atoms with Gasteiger partial charge < -0.3 is 15.3 Å². The summed E-state index contributed by atoms with van der Waals surface area (Å²) < 4.78 is 5.45. The Labute approximate surface area is 99.0 Å². The highest BCUT2D eigenvalue weighted by atomic mass is 16.4. The molecule has 4 heteroatoms. The number of carbonyl (C=O) groups is 1. The summed E-state index contributed by atoms with van der Waals surface area (Å²) in [4.78, 5) is 10.5. The van der Waals surface area contributed by atoms with Gasteiger partial charge in [-0.25, -0.2) is 0 Å². The molecule has 0 aliphatic carbocycles. The van der Waals surface area contributed by atoms with E-state index in [1.54, 1.807) is 6.26 Å². The Kier molecular flexibility index (Phi) is 3.15. The fourth-order valence-electron chi connectivity index (χ4n) is 1.89. The van der Waals surface area contributed by atoms with Crippen LogP contribution in [0.1, 0.15) is 30.2 Å². The number of hydrogen-bond acceptors (Lipinski definition) is 3. The van der Waals surface area contributed by atoms with Gasteiger partial charge in [0, 0.05) is 17.2 Å². The second kappa shape index (κ2) is 4.59. The van der Waals surface area contributed by atoms with E-state index < -0.39 is 5.97 Å². The third-order valence-corrected chi connectivity index (χ3v) is 2.79. The Balaban J connectivity index is 2.26. The Morgan fingerprint density at radius 2 is 2.29 bits per heavy atom. The first kappa shape index (κ1) is 11.7. The molecule has 0 fully saturated rings. The molecular formula is C13H15NO3. The lowest BCUT2D eigenvalue weighted by Crippen LogP contribution is -2.11. The summed E-state index contributed by atoms with van der Waals surface area (Å²) in [7, 11) is 0. The highest BCUT2D eigenvalue weighted by Crippen LogP contribution is 2.28. The van der Waals surface area contributed by atoms with Crippen molar-refractivity contribution in [2.75, 3.05) is 0 Å². The van der Waals surface area contributed by atoms with Crippen molar-refractivity contribution >= 4 is 16.7 Å². The lowest BCUT2D eigenvalue weighted by molar-refractivity contribution is -0.137. The van der Waals surface area contributed by atoms with E-state index in [4.69, 9.17) is 15.3 Å². The van der Waals surface area contributed by atoms with Crippen molar-refractivity contribution in [1.82, 2.24) is 0 Å². The average molecular weight is 233 g/mol. The van der Waals surface area contributed by atoms with Crippen LogP contribution in [0.2, 0.25) is 0 Å². The number of nitrogens with two attached hydrogens (primary N) is 1. The first-order chi connectivity index (χ1) is 8.08. The van der Waals surface area contributed by atoms with Crippen molar-refractivity contribution in [2.24, 2.45) is 5.73 Å². The summed E-state index contributed by atoms with van der Waals surface area (Å²) in [5.74, 6) is -0.173. The van der Waals surface area contributed by atoms with E-state index in [2.05, 4.69) is 0 Å². The zero-order chi connectivity index (χ0) is 12.4. The van der Waals surface area contributed by atoms with E-state index in [9.17, 15) is 4.79 Å². The number of fused-ring (bicyclic) bond motifs is 1. The molecule has 0 aliphatic rings. The summed E-state index contributed by atoms with van der Waals surface area (Å²) in [5.41, 5.74) is 7.09. The summed E-state index contributed by atoms with van der Waals surface area (Å²) >= 11 is 0. The predicted octanol–water partition coefficient (Wildman–Crippen LogP) is 2.61. The molecule has 3 N–H and O–H groups in total. The van der Waals surface area contributed by atoms with Crippen LogP contribution in [0.3, 0.4) is 0 Å². The minimum absolute atomic E-state index is 0.0508. The van der Waals surface area contributed by atoms with Crippen molar-refractivity contribution < 1.29 is 14.3 Å². The molecule has 4 nitrogen and oxygen atoms in total. The zero-order valence-corrected chi connectivity index (χ0v) is 9.64. The molecule has 0 bridgehead atoms. The first-order valence-electron chi connectivity index (χ1n) is 5.53. The van der Waals surface area contributed by atoms with Gasteiger partial charge in [-0.1, -0.05) is 17.7 Å². The zero-order valence-electron chi connectivity index (χ0n) is 9.64. The van der Waals surface area contributed by atoms with Gasteiger partial charge in [0.15, 0.2) is 0 Å². The van der Waals surface area contributed by atoms with E-state index in [-0.39, 0.29) is 12.5 Å². The highest BCUT2D eigenvalue weighted by molar-refractivity contribution is 5.85. The summed E-state index contributed by atoms with van der Waals surface area (Å²) in [6.45, 7) is 2.01. The number of rotatable bonds is 4. The van der Waals surface area contributed by atoms with Gasteiger partial charge in [0.25, 0.3) is 0 Å². The van der Waals surface area contributed by atoms with E-state index in [0.29, 0.717) is 12.2 Å². The Morgan fingerprint density at radius 3 is 3.00 bits per heavy atom. The monoisotopic (exact) mass is 233 g/mol. The van der Waals surface area contributed by atoms with Crippen molar-refractivity contribution in [3.8, 4) is 0 Å². The smallest absolute Gasteiger partial charge is 0.303 e. The van der Waals surface area contributed by atoms with Crippen LogP contribution in [-0.4, -0.2) is 11.1 Å². The normalized spacial score (nSPS) is 12.8. The molecule has 1 heterocycles. The molecule has 2 rings (SSSR count). The highest BCUT2D eigenvalue weighted by Gasteiger charge is 2.15. The molecule has 2 aromatic rings. The molecule has 90 valence electrons. The Hall–Kier alpha value is -1.81. The molecular weight excluding hydrogens is 218 g/mol.